The highest BCUT2D eigenvalue weighted by Gasteiger charge is 2.12. The maximum atomic E-state index is 12.3. The van der Waals surface area contributed by atoms with Crippen molar-refractivity contribution >= 4 is 22.6 Å². The number of rotatable bonds is 6. The van der Waals surface area contributed by atoms with Gasteiger partial charge in [-0.15, -0.1) is 0 Å². The average molecular weight is 386 g/mol. The van der Waals surface area contributed by atoms with Crippen LogP contribution in [0.5, 0.6) is 0 Å². The number of fused-ring (bicyclic) bond motifs is 1. The van der Waals surface area contributed by atoms with E-state index in [9.17, 15) is 9.59 Å². The van der Waals surface area contributed by atoms with E-state index in [-0.39, 0.29) is 24.9 Å². The van der Waals surface area contributed by atoms with Crippen molar-refractivity contribution in [3.05, 3.63) is 90.4 Å². The van der Waals surface area contributed by atoms with Crippen LogP contribution in [0.3, 0.4) is 0 Å². The van der Waals surface area contributed by atoms with E-state index in [1.165, 1.54) is 0 Å². The Labute approximate surface area is 167 Å². The lowest BCUT2D eigenvalue weighted by molar-refractivity contribution is -0.144. The van der Waals surface area contributed by atoms with Gasteiger partial charge in [-0.25, -0.2) is 4.98 Å². The Hall–Kier alpha value is -3.93. The number of benzene rings is 3. The molecule has 29 heavy (non-hydrogen) atoms. The van der Waals surface area contributed by atoms with Crippen LogP contribution >= 0.6 is 0 Å². The molecule has 0 aliphatic heterocycles. The molecule has 0 aliphatic rings. The van der Waals surface area contributed by atoms with Gasteiger partial charge in [0.1, 0.15) is 6.54 Å². The number of nitrogens with one attached hydrogen (secondary N) is 1. The molecule has 0 aliphatic carbocycles. The van der Waals surface area contributed by atoms with Crippen LogP contribution in [0.15, 0.2) is 83.4 Å². The molecule has 3 aromatic carbocycles. The van der Waals surface area contributed by atoms with E-state index in [0.717, 1.165) is 16.3 Å². The normalized spacial score (nSPS) is 10.6. The van der Waals surface area contributed by atoms with Gasteiger partial charge in [-0.3, -0.25) is 9.59 Å². The molecule has 0 radical (unpaired) electrons. The summed E-state index contributed by atoms with van der Waals surface area (Å²) in [7, 11) is 0. The lowest BCUT2D eigenvalue weighted by Crippen LogP contribution is -2.30. The predicted octanol–water partition coefficient (Wildman–Crippen LogP) is 3.97. The van der Waals surface area contributed by atoms with Crippen LogP contribution in [0.2, 0.25) is 0 Å². The van der Waals surface area contributed by atoms with Crippen LogP contribution in [0.1, 0.15) is 16.2 Å². The molecule has 0 saturated heterocycles. The number of amides is 1. The van der Waals surface area contributed by atoms with E-state index in [4.69, 9.17) is 9.15 Å². The Bertz CT molecular complexity index is 1150. The quantitative estimate of drug-likeness (QED) is 0.507. The van der Waals surface area contributed by atoms with Crippen molar-refractivity contribution in [2.24, 2.45) is 0 Å². The molecule has 1 amide bonds. The summed E-state index contributed by atoms with van der Waals surface area (Å²) in [4.78, 5) is 28.3. The number of carbonyl (C=O) groups excluding carboxylic acids is 2. The second kappa shape index (κ2) is 8.39. The monoisotopic (exact) mass is 386 g/mol. The number of aromatic nitrogens is 1. The fraction of sp³-hybridized carbons (Fsp3) is 0.0870. The van der Waals surface area contributed by atoms with Gasteiger partial charge in [-0.2, -0.15) is 0 Å². The molecule has 0 saturated carbocycles. The highest BCUT2D eigenvalue weighted by molar-refractivity contribution is 5.99. The molecule has 4 aromatic rings. The Morgan fingerprint density at radius 3 is 2.52 bits per heavy atom. The summed E-state index contributed by atoms with van der Waals surface area (Å²) < 4.78 is 10.7. The van der Waals surface area contributed by atoms with Gasteiger partial charge in [0.15, 0.2) is 12.4 Å². The van der Waals surface area contributed by atoms with Crippen molar-refractivity contribution < 1.29 is 18.7 Å². The Morgan fingerprint density at radius 2 is 1.69 bits per heavy atom. The van der Waals surface area contributed by atoms with Crippen molar-refractivity contribution in [3.63, 3.8) is 0 Å². The van der Waals surface area contributed by atoms with Crippen molar-refractivity contribution in [2.45, 2.75) is 6.61 Å². The topological polar surface area (TPSA) is 81.4 Å². The lowest BCUT2D eigenvalue weighted by atomic mass is 10.1. The van der Waals surface area contributed by atoms with Gasteiger partial charge in [0.05, 0.1) is 6.20 Å². The molecule has 4 rings (SSSR count). The molecule has 0 bridgehead atoms. The number of hydrogen-bond donors (Lipinski definition) is 1. The van der Waals surface area contributed by atoms with E-state index in [2.05, 4.69) is 10.3 Å². The van der Waals surface area contributed by atoms with Gasteiger partial charge in [0.25, 0.3) is 5.91 Å². The molecular weight excluding hydrogens is 368 g/mol. The lowest BCUT2D eigenvalue weighted by Gasteiger charge is -2.06. The summed E-state index contributed by atoms with van der Waals surface area (Å²) in [6.07, 6.45) is 1.58. The van der Waals surface area contributed by atoms with Crippen LogP contribution in [0.25, 0.3) is 22.1 Å². The van der Waals surface area contributed by atoms with Crippen LogP contribution in [0, 0.1) is 0 Å². The Morgan fingerprint density at radius 1 is 0.931 bits per heavy atom. The first kappa shape index (κ1) is 18.4. The van der Waals surface area contributed by atoms with Gasteiger partial charge in [0.2, 0.25) is 5.89 Å². The van der Waals surface area contributed by atoms with E-state index >= 15 is 0 Å². The van der Waals surface area contributed by atoms with E-state index in [1.54, 1.807) is 18.3 Å². The maximum Gasteiger partial charge on any atom is 0.325 e. The largest absolute Gasteiger partial charge is 0.454 e. The third kappa shape index (κ3) is 4.50. The Kier molecular flexibility index (Phi) is 5.33. The van der Waals surface area contributed by atoms with E-state index in [0.29, 0.717) is 11.3 Å². The number of carbonyl (C=O) groups is 2. The highest BCUT2D eigenvalue weighted by atomic mass is 16.5. The first-order chi connectivity index (χ1) is 14.2. The number of hydrogen-bond acceptors (Lipinski definition) is 5. The van der Waals surface area contributed by atoms with Gasteiger partial charge < -0.3 is 14.5 Å². The molecule has 0 spiro atoms. The summed E-state index contributed by atoms with van der Waals surface area (Å²) >= 11 is 0. The first-order valence-electron chi connectivity index (χ1n) is 9.12. The smallest absolute Gasteiger partial charge is 0.325 e. The molecule has 0 fully saturated rings. The standard InChI is InChI=1S/C23H18N2O4/c26-22(28-15-21-24-13-20(29-21)17-7-2-1-3-8-17)14-25-23(27)19-11-10-16-6-4-5-9-18(16)12-19/h1-13H,14-15H2,(H,25,27). The average Bonchev–Trinajstić information content (AvgIpc) is 3.25. The highest BCUT2D eigenvalue weighted by Crippen LogP contribution is 2.20. The van der Waals surface area contributed by atoms with E-state index in [1.807, 2.05) is 60.7 Å². The zero-order valence-corrected chi connectivity index (χ0v) is 15.5. The fourth-order valence-corrected chi connectivity index (χ4v) is 2.89. The number of esters is 1. The predicted molar refractivity (Wildman–Crippen MR) is 108 cm³/mol. The second-order valence-electron chi connectivity index (χ2n) is 6.39. The minimum absolute atomic E-state index is 0.0997. The summed E-state index contributed by atoms with van der Waals surface area (Å²) in [5, 5.41) is 4.57. The third-order valence-corrected chi connectivity index (χ3v) is 4.37. The molecule has 6 nitrogen and oxygen atoms in total. The number of oxazole rings is 1. The number of ether oxygens (including phenoxy) is 1. The van der Waals surface area contributed by atoms with Crippen molar-refractivity contribution in [2.75, 3.05) is 6.54 Å². The summed E-state index contributed by atoms with van der Waals surface area (Å²) in [6.45, 7) is -0.338. The minimum Gasteiger partial charge on any atom is -0.454 e. The van der Waals surface area contributed by atoms with Crippen molar-refractivity contribution in [3.8, 4) is 11.3 Å². The van der Waals surface area contributed by atoms with Crippen molar-refractivity contribution in [1.82, 2.24) is 10.3 Å². The zero-order chi connectivity index (χ0) is 20.1. The Balaban J connectivity index is 1.28. The molecule has 0 unspecified atom stereocenters. The van der Waals surface area contributed by atoms with Gasteiger partial charge >= 0.3 is 5.97 Å². The second-order valence-corrected chi connectivity index (χ2v) is 6.39. The maximum absolute atomic E-state index is 12.3. The SMILES string of the molecule is O=C(CNC(=O)c1ccc2ccccc2c1)OCc1ncc(-c2ccccc2)o1. The van der Waals surface area contributed by atoms with Crippen LogP contribution < -0.4 is 5.32 Å². The zero-order valence-electron chi connectivity index (χ0n) is 15.5. The summed E-state index contributed by atoms with van der Waals surface area (Å²) in [5.74, 6) is -0.0203. The van der Waals surface area contributed by atoms with Gasteiger partial charge in [-0.05, 0) is 22.9 Å². The first-order valence-corrected chi connectivity index (χ1v) is 9.12. The molecule has 1 heterocycles. The molecular formula is C23H18N2O4. The molecule has 1 aromatic heterocycles. The molecule has 0 atom stereocenters. The van der Waals surface area contributed by atoms with Gasteiger partial charge in [0, 0.05) is 11.1 Å². The third-order valence-electron chi connectivity index (χ3n) is 4.37. The molecule has 144 valence electrons. The van der Waals surface area contributed by atoms with Crippen molar-refractivity contribution in [1.29, 1.82) is 0 Å². The fourth-order valence-electron chi connectivity index (χ4n) is 2.89. The van der Waals surface area contributed by atoms with Crippen LogP contribution in [0.4, 0.5) is 0 Å². The summed E-state index contributed by atoms with van der Waals surface area (Å²) in [6, 6.07) is 22.6. The van der Waals surface area contributed by atoms with Gasteiger partial charge in [-0.1, -0.05) is 60.7 Å². The van der Waals surface area contributed by atoms with E-state index < -0.39 is 5.97 Å². The minimum atomic E-state index is -0.571. The molecule has 1 N–H and O–H groups in total. The van der Waals surface area contributed by atoms with Crippen LogP contribution in [-0.4, -0.2) is 23.4 Å². The molecule has 6 heteroatoms. The summed E-state index contributed by atoms with van der Waals surface area (Å²) in [5.41, 5.74) is 1.37. The number of nitrogens with zero attached hydrogens (tertiary/aromatic N) is 1. The van der Waals surface area contributed by atoms with Crippen LogP contribution in [-0.2, 0) is 16.1 Å².